The lowest BCUT2D eigenvalue weighted by Gasteiger charge is -2.17. The molecular weight excluding hydrogens is 221 g/mol. The third-order valence-electron chi connectivity index (χ3n) is 2.48. The molecule has 0 saturated carbocycles. The van der Waals surface area contributed by atoms with Gasteiger partial charge in [-0.3, -0.25) is 4.79 Å². The SMILES string of the molecule is Cc1cc(F)c(N)cc1C(=O)N(C)CCC#N. The monoisotopic (exact) mass is 235 g/mol. The van der Waals surface area contributed by atoms with Gasteiger partial charge in [-0.05, 0) is 24.6 Å². The number of carbonyl (C=O) groups excluding carboxylic acids is 1. The van der Waals surface area contributed by atoms with Crippen molar-refractivity contribution in [2.24, 2.45) is 0 Å². The number of hydrogen-bond donors (Lipinski definition) is 1. The van der Waals surface area contributed by atoms with Crippen LogP contribution >= 0.6 is 0 Å². The molecule has 1 amide bonds. The fraction of sp³-hybridized carbons (Fsp3) is 0.333. The Morgan fingerprint density at radius 1 is 1.59 bits per heavy atom. The zero-order chi connectivity index (χ0) is 13.0. The lowest BCUT2D eigenvalue weighted by Crippen LogP contribution is -2.28. The average molecular weight is 235 g/mol. The number of rotatable bonds is 3. The van der Waals surface area contributed by atoms with Crippen molar-refractivity contribution in [3.05, 3.63) is 29.1 Å². The Labute approximate surface area is 99.4 Å². The van der Waals surface area contributed by atoms with Crippen LogP contribution in [0.1, 0.15) is 22.3 Å². The maximum atomic E-state index is 13.1. The first-order valence-electron chi connectivity index (χ1n) is 5.15. The lowest BCUT2D eigenvalue weighted by molar-refractivity contribution is 0.0797. The molecule has 0 unspecified atom stereocenters. The number of nitrogens with two attached hydrogens (primary N) is 1. The van der Waals surface area contributed by atoms with Crippen molar-refractivity contribution < 1.29 is 9.18 Å². The summed E-state index contributed by atoms with van der Waals surface area (Å²) >= 11 is 0. The van der Waals surface area contributed by atoms with Crippen molar-refractivity contribution in [2.45, 2.75) is 13.3 Å². The van der Waals surface area contributed by atoms with E-state index in [2.05, 4.69) is 0 Å². The van der Waals surface area contributed by atoms with Gasteiger partial charge in [0.2, 0.25) is 0 Å². The minimum absolute atomic E-state index is 0.0485. The number of aryl methyl sites for hydroxylation is 1. The summed E-state index contributed by atoms with van der Waals surface area (Å²) in [6, 6.07) is 4.53. The third kappa shape index (κ3) is 2.94. The van der Waals surface area contributed by atoms with Gasteiger partial charge in [-0.2, -0.15) is 5.26 Å². The maximum absolute atomic E-state index is 13.1. The first-order chi connectivity index (χ1) is 7.97. The molecule has 1 aromatic carbocycles. The van der Waals surface area contributed by atoms with E-state index in [0.717, 1.165) is 0 Å². The predicted octanol–water partition coefficient (Wildman–Crippen LogP) is 1.70. The van der Waals surface area contributed by atoms with E-state index in [0.29, 0.717) is 17.7 Å². The van der Waals surface area contributed by atoms with E-state index in [4.69, 9.17) is 11.0 Å². The molecule has 0 saturated heterocycles. The normalized spacial score (nSPS) is 9.76. The summed E-state index contributed by atoms with van der Waals surface area (Å²) in [5.41, 5.74) is 6.28. The number of carbonyl (C=O) groups is 1. The number of halogens is 1. The summed E-state index contributed by atoms with van der Waals surface area (Å²) < 4.78 is 13.1. The molecule has 0 heterocycles. The predicted molar refractivity (Wildman–Crippen MR) is 62.7 cm³/mol. The van der Waals surface area contributed by atoms with Crippen molar-refractivity contribution in [1.29, 1.82) is 5.26 Å². The molecule has 0 aliphatic rings. The zero-order valence-corrected chi connectivity index (χ0v) is 9.83. The average Bonchev–Trinajstić information content (AvgIpc) is 2.29. The van der Waals surface area contributed by atoms with Gasteiger partial charge in [0.15, 0.2) is 0 Å². The van der Waals surface area contributed by atoms with Gasteiger partial charge >= 0.3 is 0 Å². The van der Waals surface area contributed by atoms with Gasteiger partial charge in [-0.15, -0.1) is 0 Å². The van der Waals surface area contributed by atoms with Crippen LogP contribution in [0.25, 0.3) is 0 Å². The summed E-state index contributed by atoms with van der Waals surface area (Å²) in [7, 11) is 1.60. The Morgan fingerprint density at radius 2 is 2.24 bits per heavy atom. The largest absolute Gasteiger partial charge is 0.396 e. The van der Waals surface area contributed by atoms with E-state index in [1.807, 2.05) is 6.07 Å². The fourth-order valence-electron chi connectivity index (χ4n) is 1.44. The van der Waals surface area contributed by atoms with Crippen molar-refractivity contribution in [3.63, 3.8) is 0 Å². The summed E-state index contributed by atoms with van der Waals surface area (Å²) in [5.74, 6) is -0.789. The lowest BCUT2D eigenvalue weighted by atomic mass is 10.1. The molecule has 4 nitrogen and oxygen atoms in total. The first-order valence-corrected chi connectivity index (χ1v) is 5.15. The van der Waals surface area contributed by atoms with Crippen molar-refractivity contribution in [2.75, 3.05) is 19.3 Å². The molecule has 0 fully saturated rings. The van der Waals surface area contributed by atoms with Crippen LogP contribution in [0.2, 0.25) is 0 Å². The summed E-state index contributed by atoms with van der Waals surface area (Å²) in [6.45, 7) is 1.99. The van der Waals surface area contributed by atoms with Crippen LogP contribution in [0.4, 0.5) is 10.1 Å². The quantitative estimate of drug-likeness (QED) is 0.810. The number of hydrogen-bond acceptors (Lipinski definition) is 3. The highest BCUT2D eigenvalue weighted by Gasteiger charge is 2.15. The number of amides is 1. The molecule has 0 radical (unpaired) electrons. The molecule has 0 aliphatic carbocycles. The minimum Gasteiger partial charge on any atom is -0.396 e. The van der Waals surface area contributed by atoms with Crippen LogP contribution in [0.15, 0.2) is 12.1 Å². The van der Waals surface area contributed by atoms with Gasteiger partial charge in [-0.25, -0.2) is 4.39 Å². The minimum atomic E-state index is -0.529. The molecule has 17 heavy (non-hydrogen) atoms. The standard InChI is InChI=1S/C12H14FN3O/c1-8-6-10(13)11(15)7-9(8)12(17)16(2)5-3-4-14/h6-7H,3,5,15H2,1-2H3. The molecular formula is C12H14FN3O. The molecule has 5 heteroatoms. The highest BCUT2D eigenvalue weighted by Crippen LogP contribution is 2.18. The Morgan fingerprint density at radius 3 is 2.82 bits per heavy atom. The van der Waals surface area contributed by atoms with E-state index >= 15 is 0 Å². The second kappa shape index (κ2) is 5.30. The zero-order valence-electron chi connectivity index (χ0n) is 9.83. The number of nitrogen functional groups attached to an aromatic ring is 1. The number of anilines is 1. The van der Waals surface area contributed by atoms with Gasteiger partial charge in [-0.1, -0.05) is 0 Å². The summed E-state index contributed by atoms with van der Waals surface area (Å²) in [4.78, 5) is 13.4. The van der Waals surface area contributed by atoms with E-state index < -0.39 is 5.82 Å². The van der Waals surface area contributed by atoms with Crippen LogP contribution in [0.5, 0.6) is 0 Å². The van der Waals surface area contributed by atoms with Gasteiger partial charge in [0.1, 0.15) is 5.82 Å². The van der Waals surface area contributed by atoms with Gasteiger partial charge in [0, 0.05) is 19.2 Å². The summed E-state index contributed by atoms with van der Waals surface area (Å²) in [6.07, 6.45) is 0.262. The second-order valence-electron chi connectivity index (χ2n) is 3.82. The molecule has 2 N–H and O–H groups in total. The third-order valence-corrected chi connectivity index (χ3v) is 2.48. The maximum Gasteiger partial charge on any atom is 0.253 e. The highest BCUT2D eigenvalue weighted by molar-refractivity contribution is 5.96. The molecule has 0 bridgehead atoms. The Balaban J connectivity index is 2.97. The Hall–Kier alpha value is -2.09. The highest BCUT2D eigenvalue weighted by atomic mass is 19.1. The van der Waals surface area contributed by atoms with Crippen LogP contribution in [0.3, 0.4) is 0 Å². The van der Waals surface area contributed by atoms with E-state index in [1.54, 1.807) is 14.0 Å². The van der Waals surface area contributed by atoms with Crippen LogP contribution in [0, 0.1) is 24.1 Å². The van der Waals surface area contributed by atoms with Crippen molar-refractivity contribution >= 4 is 11.6 Å². The van der Waals surface area contributed by atoms with E-state index in [9.17, 15) is 9.18 Å². The fourth-order valence-corrected chi connectivity index (χ4v) is 1.44. The number of benzene rings is 1. The number of nitrogens with zero attached hydrogens (tertiary/aromatic N) is 2. The smallest absolute Gasteiger partial charge is 0.253 e. The Kier molecular flexibility index (Phi) is 4.05. The van der Waals surface area contributed by atoms with Crippen LogP contribution in [-0.2, 0) is 0 Å². The van der Waals surface area contributed by atoms with Crippen molar-refractivity contribution in [3.8, 4) is 6.07 Å². The molecule has 0 aromatic heterocycles. The van der Waals surface area contributed by atoms with Crippen LogP contribution in [-0.4, -0.2) is 24.4 Å². The first kappa shape index (κ1) is 13.0. The van der Waals surface area contributed by atoms with Gasteiger partial charge in [0.05, 0.1) is 18.2 Å². The van der Waals surface area contributed by atoms with Crippen LogP contribution < -0.4 is 5.73 Å². The topological polar surface area (TPSA) is 70.1 Å². The Bertz CT molecular complexity index is 479. The molecule has 1 rings (SSSR count). The molecule has 0 aliphatic heterocycles. The van der Waals surface area contributed by atoms with Crippen molar-refractivity contribution in [1.82, 2.24) is 4.90 Å². The van der Waals surface area contributed by atoms with E-state index in [-0.39, 0.29) is 18.0 Å². The van der Waals surface area contributed by atoms with Gasteiger partial charge < -0.3 is 10.6 Å². The molecule has 1 aromatic rings. The molecule has 0 atom stereocenters. The summed E-state index contributed by atoms with van der Waals surface area (Å²) in [5, 5.41) is 8.45. The van der Waals surface area contributed by atoms with Gasteiger partial charge in [0.25, 0.3) is 5.91 Å². The second-order valence-corrected chi connectivity index (χ2v) is 3.82. The molecule has 90 valence electrons. The molecule has 0 spiro atoms. The van der Waals surface area contributed by atoms with E-state index in [1.165, 1.54) is 17.0 Å². The number of nitriles is 1.